The molecule has 0 aliphatic heterocycles. The van der Waals surface area contributed by atoms with Crippen LogP contribution in [0.3, 0.4) is 0 Å². The van der Waals surface area contributed by atoms with Gasteiger partial charge in [0.2, 0.25) is 0 Å². The molecule has 1 unspecified atom stereocenters. The van der Waals surface area contributed by atoms with Crippen LogP contribution >= 0.6 is 0 Å². The third kappa shape index (κ3) is 4.11. The number of ether oxygens (including phenoxy) is 1. The molecule has 0 spiro atoms. The van der Waals surface area contributed by atoms with Gasteiger partial charge in [-0.25, -0.2) is 9.18 Å². The Morgan fingerprint density at radius 1 is 1.50 bits per heavy atom. The summed E-state index contributed by atoms with van der Waals surface area (Å²) >= 11 is 0. The maximum Gasteiger partial charge on any atom is 0.321 e. The van der Waals surface area contributed by atoms with Gasteiger partial charge in [-0.15, -0.1) is 0 Å². The Labute approximate surface area is 116 Å². The van der Waals surface area contributed by atoms with E-state index in [1.807, 2.05) is 0 Å². The van der Waals surface area contributed by atoms with E-state index < -0.39 is 23.7 Å². The molecule has 0 saturated carbocycles. The van der Waals surface area contributed by atoms with E-state index in [4.69, 9.17) is 9.84 Å². The average Bonchev–Trinajstić information content (AvgIpc) is 2.40. The highest BCUT2D eigenvalue weighted by atomic mass is 19.1. The summed E-state index contributed by atoms with van der Waals surface area (Å²) in [7, 11) is 2.81. The zero-order valence-electron chi connectivity index (χ0n) is 11.5. The summed E-state index contributed by atoms with van der Waals surface area (Å²) in [6.45, 7) is 1.58. The molecule has 2 amide bonds. The number of carbonyl (C=O) groups excluding carboxylic acids is 1. The standard InChI is InChI=1S/C13H17FN2O4/c1-8(12(17)18)7-16(2)13(19)15-9-4-5-10(14)11(6-9)20-3/h4-6,8H,7H2,1-3H3,(H,15,19)(H,17,18). The number of benzene rings is 1. The highest BCUT2D eigenvalue weighted by Crippen LogP contribution is 2.21. The molecule has 1 aromatic carbocycles. The van der Waals surface area contributed by atoms with Gasteiger partial charge in [0.25, 0.3) is 0 Å². The molecule has 0 aliphatic carbocycles. The lowest BCUT2D eigenvalue weighted by Crippen LogP contribution is -2.36. The third-order valence-electron chi connectivity index (χ3n) is 2.72. The Kier molecular flexibility index (Phi) is 5.31. The highest BCUT2D eigenvalue weighted by molar-refractivity contribution is 5.89. The van der Waals surface area contributed by atoms with E-state index in [2.05, 4.69) is 5.32 Å². The number of urea groups is 1. The Morgan fingerprint density at radius 2 is 2.15 bits per heavy atom. The second-order valence-corrected chi connectivity index (χ2v) is 4.40. The molecule has 0 aromatic heterocycles. The lowest BCUT2D eigenvalue weighted by Gasteiger charge is -2.20. The number of aliphatic carboxylic acids is 1. The zero-order chi connectivity index (χ0) is 15.3. The summed E-state index contributed by atoms with van der Waals surface area (Å²) in [6, 6.07) is 3.44. The summed E-state index contributed by atoms with van der Waals surface area (Å²) in [4.78, 5) is 23.8. The minimum atomic E-state index is -0.979. The van der Waals surface area contributed by atoms with Gasteiger partial charge in [-0.3, -0.25) is 4.79 Å². The number of amides is 2. The van der Waals surface area contributed by atoms with E-state index in [-0.39, 0.29) is 12.3 Å². The number of nitrogens with one attached hydrogen (secondary N) is 1. The van der Waals surface area contributed by atoms with Crippen LogP contribution in [-0.4, -0.2) is 42.7 Å². The third-order valence-corrected chi connectivity index (χ3v) is 2.72. The first-order chi connectivity index (χ1) is 9.35. The molecule has 7 heteroatoms. The van der Waals surface area contributed by atoms with Gasteiger partial charge in [-0.1, -0.05) is 6.92 Å². The van der Waals surface area contributed by atoms with Crippen molar-refractivity contribution >= 4 is 17.7 Å². The summed E-state index contributed by atoms with van der Waals surface area (Å²) in [6.07, 6.45) is 0. The molecule has 0 bridgehead atoms. The molecule has 6 nitrogen and oxygen atoms in total. The maximum atomic E-state index is 13.2. The van der Waals surface area contributed by atoms with Crippen molar-refractivity contribution in [3.8, 4) is 5.75 Å². The predicted molar refractivity (Wildman–Crippen MR) is 71.4 cm³/mol. The van der Waals surface area contributed by atoms with E-state index in [1.54, 1.807) is 0 Å². The van der Waals surface area contributed by atoms with E-state index in [0.717, 1.165) is 0 Å². The SMILES string of the molecule is COc1cc(NC(=O)N(C)CC(C)C(=O)O)ccc1F. The number of hydrogen-bond donors (Lipinski definition) is 2. The van der Waals surface area contributed by atoms with Crippen molar-refractivity contribution < 1.29 is 23.8 Å². The van der Waals surface area contributed by atoms with Crippen molar-refractivity contribution in [3.05, 3.63) is 24.0 Å². The normalized spacial score (nSPS) is 11.6. The number of halogens is 1. The summed E-state index contributed by atoms with van der Waals surface area (Å²) in [5.74, 6) is -2.16. The van der Waals surface area contributed by atoms with Crippen LogP contribution in [0.4, 0.5) is 14.9 Å². The first-order valence-electron chi connectivity index (χ1n) is 5.93. The van der Waals surface area contributed by atoms with Gasteiger partial charge >= 0.3 is 12.0 Å². The second kappa shape index (κ2) is 6.74. The first-order valence-corrected chi connectivity index (χ1v) is 5.93. The monoisotopic (exact) mass is 284 g/mol. The Bertz CT molecular complexity index is 507. The lowest BCUT2D eigenvalue weighted by atomic mass is 10.2. The van der Waals surface area contributed by atoms with Crippen LogP contribution in [0.5, 0.6) is 5.75 Å². The molecular weight excluding hydrogens is 267 g/mol. The van der Waals surface area contributed by atoms with Crippen molar-refractivity contribution in [2.75, 3.05) is 26.0 Å². The van der Waals surface area contributed by atoms with E-state index >= 15 is 0 Å². The molecular formula is C13H17FN2O4. The second-order valence-electron chi connectivity index (χ2n) is 4.40. The fourth-order valence-electron chi connectivity index (χ4n) is 1.53. The van der Waals surface area contributed by atoms with E-state index in [1.165, 1.54) is 44.2 Å². The summed E-state index contributed by atoms with van der Waals surface area (Å²) in [5.41, 5.74) is 0.364. The van der Waals surface area contributed by atoms with Gasteiger partial charge in [0.1, 0.15) is 0 Å². The molecule has 1 aromatic rings. The van der Waals surface area contributed by atoms with E-state index in [9.17, 15) is 14.0 Å². The number of carboxylic acids is 1. The number of rotatable bonds is 5. The van der Waals surface area contributed by atoms with Crippen LogP contribution in [0.15, 0.2) is 18.2 Å². The van der Waals surface area contributed by atoms with Crippen molar-refractivity contribution in [1.82, 2.24) is 4.90 Å². The number of nitrogens with zero attached hydrogens (tertiary/aromatic N) is 1. The summed E-state index contributed by atoms with van der Waals surface area (Å²) < 4.78 is 18.0. The summed E-state index contributed by atoms with van der Waals surface area (Å²) in [5, 5.41) is 11.3. The fourth-order valence-corrected chi connectivity index (χ4v) is 1.53. The topological polar surface area (TPSA) is 78.9 Å². The molecule has 0 saturated heterocycles. The number of carboxylic acid groups (broad SMARTS) is 1. The molecule has 2 N–H and O–H groups in total. The van der Waals surface area contributed by atoms with Crippen LogP contribution in [0.2, 0.25) is 0 Å². The molecule has 1 atom stereocenters. The van der Waals surface area contributed by atoms with Crippen LogP contribution in [0.1, 0.15) is 6.92 Å². The van der Waals surface area contributed by atoms with Crippen molar-refractivity contribution in [2.45, 2.75) is 6.92 Å². The van der Waals surface area contributed by atoms with Crippen molar-refractivity contribution in [1.29, 1.82) is 0 Å². The molecule has 0 fully saturated rings. The molecule has 0 heterocycles. The van der Waals surface area contributed by atoms with Gasteiger partial charge in [0.05, 0.1) is 13.0 Å². The number of methoxy groups -OCH3 is 1. The number of hydrogen-bond acceptors (Lipinski definition) is 3. The smallest absolute Gasteiger partial charge is 0.321 e. The van der Waals surface area contributed by atoms with Gasteiger partial charge in [-0.05, 0) is 12.1 Å². The molecule has 110 valence electrons. The Hall–Kier alpha value is -2.31. The van der Waals surface area contributed by atoms with Gasteiger partial charge < -0.3 is 20.1 Å². The van der Waals surface area contributed by atoms with Crippen LogP contribution in [0, 0.1) is 11.7 Å². The van der Waals surface area contributed by atoms with Gasteiger partial charge in [0, 0.05) is 25.3 Å². The molecule has 20 heavy (non-hydrogen) atoms. The Balaban J connectivity index is 2.68. The van der Waals surface area contributed by atoms with Crippen LogP contribution in [-0.2, 0) is 4.79 Å². The van der Waals surface area contributed by atoms with Gasteiger partial charge in [0.15, 0.2) is 11.6 Å². The fraction of sp³-hybridized carbons (Fsp3) is 0.385. The van der Waals surface area contributed by atoms with Crippen molar-refractivity contribution in [2.24, 2.45) is 5.92 Å². The molecule has 0 radical (unpaired) electrons. The lowest BCUT2D eigenvalue weighted by molar-refractivity contribution is -0.141. The zero-order valence-corrected chi connectivity index (χ0v) is 11.5. The number of anilines is 1. The van der Waals surface area contributed by atoms with Crippen LogP contribution in [0.25, 0.3) is 0 Å². The van der Waals surface area contributed by atoms with Gasteiger partial charge in [-0.2, -0.15) is 0 Å². The van der Waals surface area contributed by atoms with Crippen molar-refractivity contribution in [3.63, 3.8) is 0 Å². The highest BCUT2D eigenvalue weighted by Gasteiger charge is 2.17. The maximum absolute atomic E-state index is 13.2. The molecule has 1 rings (SSSR count). The first kappa shape index (κ1) is 15.7. The quantitative estimate of drug-likeness (QED) is 0.867. The average molecular weight is 284 g/mol. The predicted octanol–water partition coefficient (Wildman–Crippen LogP) is 2.02. The molecule has 0 aliphatic rings. The van der Waals surface area contributed by atoms with Crippen LogP contribution < -0.4 is 10.1 Å². The minimum Gasteiger partial charge on any atom is -0.494 e. The number of carbonyl (C=O) groups is 2. The van der Waals surface area contributed by atoms with E-state index in [0.29, 0.717) is 5.69 Å². The minimum absolute atomic E-state index is 0.0179. The Morgan fingerprint density at radius 3 is 2.70 bits per heavy atom. The largest absolute Gasteiger partial charge is 0.494 e.